The molecule has 2 fully saturated rings. The summed E-state index contributed by atoms with van der Waals surface area (Å²) in [6.07, 6.45) is 0. The minimum atomic E-state index is 0.507. The van der Waals surface area contributed by atoms with Gasteiger partial charge in [-0.15, -0.1) is 0 Å². The van der Waals surface area contributed by atoms with Crippen molar-refractivity contribution in [3.8, 4) is 0 Å². The number of likely N-dealkylation sites (N-methyl/N-ethyl adjacent to an activating group) is 1. The van der Waals surface area contributed by atoms with Gasteiger partial charge in [-0.05, 0) is 6.54 Å². The van der Waals surface area contributed by atoms with Gasteiger partial charge < -0.3 is 14.5 Å². The molecular weight excluding hydrogens is 274 g/mol. The monoisotopic (exact) mass is 297 g/mol. The number of nitrogens with zero attached hydrogens (tertiary/aromatic N) is 5. The van der Waals surface area contributed by atoms with Gasteiger partial charge in [0.2, 0.25) is 5.13 Å². The first-order chi connectivity index (χ1) is 9.80. The first kappa shape index (κ1) is 14.2. The Morgan fingerprint density at radius 2 is 2.00 bits per heavy atom. The summed E-state index contributed by atoms with van der Waals surface area (Å²) in [6, 6.07) is 0.698. The van der Waals surface area contributed by atoms with Gasteiger partial charge in [0.1, 0.15) is 6.61 Å². The van der Waals surface area contributed by atoms with Crippen molar-refractivity contribution in [2.24, 2.45) is 0 Å². The topological polar surface area (TPSA) is 44.7 Å². The molecule has 20 heavy (non-hydrogen) atoms. The van der Waals surface area contributed by atoms with Crippen LogP contribution >= 0.6 is 11.5 Å². The van der Waals surface area contributed by atoms with Crippen molar-refractivity contribution in [2.75, 3.05) is 57.8 Å². The highest BCUT2D eigenvalue weighted by Gasteiger charge is 2.34. The number of anilines is 1. The summed E-state index contributed by atoms with van der Waals surface area (Å²) < 4.78 is 9.37. The fourth-order valence-corrected chi connectivity index (χ4v) is 3.54. The molecule has 1 aromatic heterocycles. The van der Waals surface area contributed by atoms with E-state index in [-0.39, 0.29) is 0 Å². The maximum atomic E-state index is 5.06. The molecule has 0 N–H and O–H groups in total. The largest absolute Gasteiger partial charge is 0.377 e. The summed E-state index contributed by atoms with van der Waals surface area (Å²) >= 11 is 1.48. The van der Waals surface area contributed by atoms with Crippen LogP contribution < -0.4 is 4.90 Å². The van der Waals surface area contributed by atoms with Gasteiger partial charge in [-0.2, -0.15) is 4.37 Å². The Labute approximate surface area is 124 Å². The van der Waals surface area contributed by atoms with E-state index < -0.39 is 0 Å². The summed E-state index contributed by atoms with van der Waals surface area (Å²) in [5.74, 6) is 0.799. The van der Waals surface area contributed by atoms with Crippen molar-refractivity contribution in [3.05, 3.63) is 5.82 Å². The number of aromatic nitrogens is 2. The van der Waals surface area contributed by atoms with E-state index in [0.29, 0.717) is 12.6 Å². The van der Waals surface area contributed by atoms with E-state index in [4.69, 9.17) is 4.74 Å². The van der Waals surface area contributed by atoms with Crippen LogP contribution in [0.15, 0.2) is 0 Å². The third kappa shape index (κ3) is 2.95. The number of piperazine rings is 1. The van der Waals surface area contributed by atoms with Crippen molar-refractivity contribution in [1.82, 2.24) is 19.2 Å². The average molecular weight is 297 g/mol. The predicted molar refractivity (Wildman–Crippen MR) is 80.3 cm³/mol. The van der Waals surface area contributed by atoms with E-state index in [9.17, 15) is 0 Å². The average Bonchev–Trinajstić information content (AvgIpc) is 2.87. The first-order valence-corrected chi connectivity index (χ1v) is 8.10. The second-order valence-corrected chi connectivity index (χ2v) is 6.19. The lowest BCUT2D eigenvalue weighted by molar-refractivity contribution is 0.0861. The minimum absolute atomic E-state index is 0.507. The SMILES string of the molecule is CCN1CCN(C2CN(c3nc(COC)ns3)C2)CC1. The Morgan fingerprint density at radius 3 is 2.65 bits per heavy atom. The second kappa shape index (κ2) is 6.34. The predicted octanol–water partition coefficient (Wildman–Crippen LogP) is 0.511. The van der Waals surface area contributed by atoms with Crippen LogP contribution in [0.3, 0.4) is 0 Å². The number of ether oxygens (including phenoxy) is 1. The molecule has 7 heteroatoms. The zero-order valence-corrected chi connectivity index (χ0v) is 13.1. The standard InChI is InChI=1S/C13H23N5OS/c1-3-16-4-6-17(7-5-16)11-8-18(9-11)13-14-12(10-19-2)15-20-13/h11H,3-10H2,1-2H3. The Kier molecular flexibility index (Phi) is 4.50. The summed E-state index contributed by atoms with van der Waals surface area (Å²) in [6.45, 7) is 10.9. The van der Waals surface area contributed by atoms with Gasteiger partial charge in [-0.1, -0.05) is 6.92 Å². The lowest BCUT2D eigenvalue weighted by Gasteiger charge is -2.47. The molecule has 0 radical (unpaired) electrons. The van der Waals surface area contributed by atoms with Crippen molar-refractivity contribution in [2.45, 2.75) is 19.6 Å². The van der Waals surface area contributed by atoms with Crippen molar-refractivity contribution in [1.29, 1.82) is 0 Å². The van der Waals surface area contributed by atoms with Crippen LogP contribution in [-0.2, 0) is 11.3 Å². The molecule has 0 saturated carbocycles. The highest BCUT2D eigenvalue weighted by atomic mass is 32.1. The molecule has 112 valence electrons. The van der Waals surface area contributed by atoms with Crippen molar-refractivity contribution in [3.63, 3.8) is 0 Å². The number of hydrogen-bond donors (Lipinski definition) is 0. The van der Waals surface area contributed by atoms with E-state index in [1.165, 1.54) is 44.3 Å². The molecule has 0 unspecified atom stereocenters. The Morgan fingerprint density at radius 1 is 1.25 bits per heavy atom. The van der Waals surface area contributed by atoms with Gasteiger partial charge >= 0.3 is 0 Å². The van der Waals surface area contributed by atoms with Crippen LogP contribution in [0.25, 0.3) is 0 Å². The molecule has 1 aromatic rings. The molecule has 0 atom stereocenters. The molecule has 0 bridgehead atoms. The summed E-state index contributed by atoms with van der Waals surface area (Å²) in [7, 11) is 1.68. The zero-order valence-electron chi connectivity index (χ0n) is 12.3. The van der Waals surface area contributed by atoms with Crippen LogP contribution in [0.5, 0.6) is 0 Å². The number of methoxy groups -OCH3 is 1. The fourth-order valence-electron chi connectivity index (χ4n) is 2.85. The van der Waals surface area contributed by atoms with Crippen LogP contribution in [0.1, 0.15) is 12.7 Å². The molecule has 0 spiro atoms. The van der Waals surface area contributed by atoms with E-state index in [1.54, 1.807) is 7.11 Å². The van der Waals surface area contributed by atoms with Crippen LogP contribution in [-0.4, -0.2) is 78.1 Å². The zero-order chi connectivity index (χ0) is 13.9. The van der Waals surface area contributed by atoms with Gasteiger partial charge in [-0.3, -0.25) is 4.90 Å². The van der Waals surface area contributed by atoms with E-state index in [1.807, 2.05) is 0 Å². The lowest BCUT2D eigenvalue weighted by atomic mass is 10.1. The third-order valence-electron chi connectivity index (χ3n) is 4.23. The lowest BCUT2D eigenvalue weighted by Crippen LogP contribution is -2.63. The van der Waals surface area contributed by atoms with Crippen molar-refractivity contribution < 1.29 is 4.74 Å². The summed E-state index contributed by atoms with van der Waals surface area (Å²) in [5, 5.41) is 1.04. The highest BCUT2D eigenvalue weighted by Crippen LogP contribution is 2.26. The molecule has 2 saturated heterocycles. The quantitative estimate of drug-likeness (QED) is 0.789. The molecule has 0 aromatic carbocycles. The fraction of sp³-hybridized carbons (Fsp3) is 0.846. The molecule has 2 aliphatic rings. The molecular formula is C13H23N5OS. The van der Waals surface area contributed by atoms with Gasteiger partial charge in [-0.25, -0.2) is 4.98 Å². The molecule has 0 aliphatic carbocycles. The first-order valence-electron chi connectivity index (χ1n) is 7.33. The van der Waals surface area contributed by atoms with Gasteiger partial charge in [0, 0.05) is 64.0 Å². The van der Waals surface area contributed by atoms with Gasteiger partial charge in [0.25, 0.3) is 0 Å². The Balaban J connectivity index is 1.46. The number of rotatable bonds is 5. The maximum Gasteiger partial charge on any atom is 0.205 e. The number of hydrogen-bond acceptors (Lipinski definition) is 7. The van der Waals surface area contributed by atoms with Gasteiger partial charge in [0.15, 0.2) is 5.82 Å². The van der Waals surface area contributed by atoms with Crippen LogP contribution in [0.2, 0.25) is 0 Å². The van der Waals surface area contributed by atoms with Crippen molar-refractivity contribution >= 4 is 16.7 Å². The third-order valence-corrected chi connectivity index (χ3v) is 5.05. The molecule has 6 nitrogen and oxygen atoms in total. The summed E-state index contributed by atoms with van der Waals surface area (Å²) in [5.41, 5.74) is 0. The van der Waals surface area contributed by atoms with Gasteiger partial charge in [0.05, 0.1) is 0 Å². The van der Waals surface area contributed by atoms with E-state index >= 15 is 0 Å². The molecule has 3 heterocycles. The molecule has 0 amide bonds. The van der Waals surface area contributed by atoms with E-state index in [2.05, 4.69) is 31.0 Å². The Hall–Kier alpha value is -0.760. The molecule has 2 aliphatic heterocycles. The Bertz CT molecular complexity index is 426. The smallest absolute Gasteiger partial charge is 0.205 e. The van der Waals surface area contributed by atoms with Crippen LogP contribution in [0.4, 0.5) is 5.13 Å². The second-order valence-electron chi connectivity index (χ2n) is 5.46. The minimum Gasteiger partial charge on any atom is -0.377 e. The maximum absolute atomic E-state index is 5.06. The molecule has 3 rings (SSSR count). The highest BCUT2D eigenvalue weighted by molar-refractivity contribution is 7.09. The van der Waals surface area contributed by atoms with E-state index in [0.717, 1.165) is 24.0 Å². The normalized spacial score (nSPS) is 22.2. The van der Waals surface area contributed by atoms with Crippen LogP contribution in [0, 0.1) is 0 Å². The summed E-state index contributed by atoms with van der Waals surface area (Å²) in [4.78, 5) is 12.0.